The zero-order valence-corrected chi connectivity index (χ0v) is 9.62. The van der Waals surface area contributed by atoms with Gasteiger partial charge in [0.25, 0.3) is 0 Å². The van der Waals surface area contributed by atoms with Crippen molar-refractivity contribution in [1.29, 1.82) is 0 Å². The van der Waals surface area contributed by atoms with Gasteiger partial charge in [-0.05, 0) is 5.92 Å². The van der Waals surface area contributed by atoms with E-state index in [0.29, 0.717) is 12.1 Å². The standard InChI is InChI=1S/C12H20N2/c1-5-6-7-8-14-10-9-13(4)12(14)11(2)3/h9-12H,5,8H2,1-4H3. The summed E-state index contributed by atoms with van der Waals surface area (Å²) in [5, 5.41) is 0. The van der Waals surface area contributed by atoms with Crippen molar-refractivity contribution in [3.05, 3.63) is 12.4 Å². The molecule has 2 nitrogen and oxygen atoms in total. The van der Waals surface area contributed by atoms with Gasteiger partial charge in [0.1, 0.15) is 6.17 Å². The summed E-state index contributed by atoms with van der Waals surface area (Å²) >= 11 is 0. The van der Waals surface area contributed by atoms with E-state index in [1.807, 2.05) is 0 Å². The third-order valence-corrected chi connectivity index (χ3v) is 2.41. The number of nitrogens with zero attached hydrogens (tertiary/aromatic N) is 2. The average molecular weight is 192 g/mol. The summed E-state index contributed by atoms with van der Waals surface area (Å²) < 4.78 is 0. The van der Waals surface area contributed by atoms with Crippen LogP contribution in [0.1, 0.15) is 27.2 Å². The summed E-state index contributed by atoms with van der Waals surface area (Å²) in [6, 6.07) is 0. The Labute approximate surface area is 87.6 Å². The van der Waals surface area contributed by atoms with E-state index in [1.54, 1.807) is 0 Å². The highest BCUT2D eigenvalue weighted by Crippen LogP contribution is 2.19. The molecule has 0 aromatic carbocycles. The molecule has 78 valence electrons. The third kappa shape index (κ3) is 2.45. The van der Waals surface area contributed by atoms with Crippen LogP contribution in [-0.4, -0.2) is 29.6 Å². The minimum atomic E-state index is 0.473. The molecule has 1 rings (SSSR count). The first-order chi connectivity index (χ1) is 6.66. The highest BCUT2D eigenvalue weighted by Gasteiger charge is 2.25. The molecule has 0 fully saturated rings. The minimum Gasteiger partial charge on any atom is -0.359 e. The first-order valence-electron chi connectivity index (χ1n) is 5.28. The molecule has 0 aromatic rings. The molecule has 1 heterocycles. The highest BCUT2D eigenvalue weighted by molar-refractivity contribution is 5.06. The quantitative estimate of drug-likeness (QED) is 0.618. The third-order valence-electron chi connectivity index (χ3n) is 2.41. The molecule has 1 atom stereocenters. The summed E-state index contributed by atoms with van der Waals surface area (Å²) in [5.41, 5.74) is 0. The van der Waals surface area contributed by atoms with Crippen LogP contribution in [0.4, 0.5) is 0 Å². The zero-order chi connectivity index (χ0) is 10.6. The Bertz CT molecular complexity index is 257. The van der Waals surface area contributed by atoms with E-state index in [2.05, 4.69) is 61.9 Å². The van der Waals surface area contributed by atoms with E-state index in [1.165, 1.54) is 0 Å². The van der Waals surface area contributed by atoms with Gasteiger partial charge < -0.3 is 9.80 Å². The van der Waals surface area contributed by atoms with Gasteiger partial charge in [0.05, 0.1) is 6.54 Å². The predicted molar refractivity (Wildman–Crippen MR) is 60.3 cm³/mol. The van der Waals surface area contributed by atoms with Crippen molar-refractivity contribution in [2.75, 3.05) is 13.6 Å². The molecule has 0 spiro atoms. The fraction of sp³-hybridized carbons (Fsp3) is 0.667. The van der Waals surface area contributed by atoms with E-state index in [4.69, 9.17) is 0 Å². The molecule has 1 aliphatic rings. The van der Waals surface area contributed by atoms with E-state index >= 15 is 0 Å². The molecule has 2 heteroatoms. The summed E-state index contributed by atoms with van der Waals surface area (Å²) in [6.45, 7) is 7.42. The van der Waals surface area contributed by atoms with Crippen LogP contribution >= 0.6 is 0 Å². The molecule has 0 radical (unpaired) electrons. The second kappa shape index (κ2) is 4.95. The van der Waals surface area contributed by atoms with Crippen molar-refractivity contribution < 1.29 is 0 Å². The fourth-order valence-electron chi connectivity index (χ4n) is 1.87. The molecule has 0 aliphatic carbocycles. The van der Waals surface area contributed by atoms with Gasteiger partial charge in [-0.2, -0.15) is 0 Å². The van der Waals surface area contributed by atoms with E-state index in [9.17, 15) is 0 Å². The lowest BCUT2D eigenvalue weighted by Gasteiger charge is -2.32. The number of rotatable bonds is 2. The molecule has 1 aliphatic heterocycles. The topological polar surface area (TPSA) is 6.48 Å². The zero-order valence-electron chi connectivity index (χ0n) is 9.62. The van der Waals surface area contributed by atoms with Gasteiger partial charge in [-0.1, -0.05) is 26.7 Å². The Morgan fingerprint density at radius 2 is 2.00 bits per heavy atom. The summed E-state index contributed by atoms with van der Waals surface area (Å²) in [6.07, 6.45) is 5.67. The first-order valence-corrected chi connectivity index (χ1v) is 5.28. The molecule has 14 heavy (non-hydrogen) atoms. The number of hydrogen-bond donors (Lipinski definition) is 0. The maximum atomic E-state index is 3.18. The van der Waals surface area contributed by atoms with Crippen molar-refractivity contribution in [3.8, 4) is 11.8 Å². The van der Waals surface area contributed by atoms with Gasteiger partial charge in [0, 0.05) is 25.9 Å². The predicted octanol–water partition coefficient (Wildman–Crippen LogP) is 2.10. The minimum absolute atomic E-state index is 0.473. The van der Waals surface area contributed by atoms with E-state index in [-0.39, 0.29) is 0 Å². The van der Waals surface area contributed by atoms with Gasteiger partial charge in [-0.15, -0.1) is 5.92 Å². The largest absolute Gasteiger partial charge is 0.359 e. The lowest BCUT2D eigenvalue weighted by molar-refractivity contribution is 0.139. The second-order valence-electron chi connectivity index (χ2n) is 4.00. The SMILES string of the molecule is CCC#CCN1C=CN(C)C1C(C)C. The Hall–Kier alpha value is -1.10. The van der Waals surface area contributed by atoms with E-state index in [0.717, 1.165) is 13.0 Å². The molecule has 0 N–H and O–H groups in total. The van der Waals surface area contributed by atoms with Crippen LogP contribution in [0.15, 0.2) is 12.4 Å². The van der Waals surface area contributed by atoms with Crippen LogP contribution in [0.25, 0.3) is 0 Å². The van der Waals surface area contributed by atoms with Crippen LogP contribution in [0.5, 0.6) is 0 Å². The van der Waals surface area contributed by atoms with Crippen LogP contribution in [0.2, 0.25) is 0 Å². The second-order valence-corrected chi connectivity index (χ2v) is 4.00. The van der Waals surface area contributed by atoms with Gasteiger partial charge in [-0.3, -0.25) is 0 Å². The van der Waals surface area contributed by atoms with Crippen molar-refractivity contribution in [3.63, 3.8) is 0 Å². The molecule has 0 bridgehead atoms. The smallest absolute Gasteiger partial charge is 0.104 e. The Kier molecular flexibility index (Phi) is 3.88. The van der Waals surface area contributed by atoms with Crippen LogP contribution in [0, 0.1) is 17.8 Å². The Balaban J connectivity index is 2.56. The van der Waals surface area contributed by atoms with Gasteiger partial charge in [0.2, 0.25) is 0 Å². The first kappa shape index (κ1) is 11.0. The molecule has 0 saturated carbocycles. The lowest BCUT2D eigenvalue weighted by atomic mass is 10.1. The summed E-state index contributed by atoms with van der Waals surface area (Å²) in [5.74, 6) is 6.91. The van der Waals surface area contributed by atoms with Crippen molar-refractivity contribution >= 4 is 0 Å². The molecule has 1 unspecified atom stereocenters. The van der Waals surface area contributed by atoms with Crippen LogP contribution < -0.4 is 0 Å². The Morgan fingerprint density at radius 3 is 2.57 bits per heavy atom. The average Bonchev–Trinajstić information content (AvgIpc) is 2.47. The van der Waals surface area contributed by atoms with Gasteiger partial charge in [-0.25, -0.2) is 0 Å². The normalized spacial score (nSPS) is 20.2. The molecular weight excluding hydrogens is 172 g/mol. The summed E-state index contributed by atoms with van der Waals surface area (Å²) in [4.78, 5) is 4.55. The van der Waals surface area contributed by atoms with Crippen molar-refractivity contribution in [1.82, 2.24) is 9.80 Å². The maximum absolute atomic E-state index is 3.18. The van der Waals surface area contributed by atoms with Crippen LogP contribution in [0.3, 0.4) is 0 Å². The number of hydrogen-bond acceptors (Lipinski definition) is 2. The van der Waals surface area contributed by atoms with Crippen molar-refractivity contribution in [2.24, 2.45) is 5.92 Å². The van der Waals surface area contributed by atoms with E-state index < -0.39 is 0 Å². The van der Waals surface area contributed by atoms with Crippen LogP contribution in [-0.2, 0) is 0 Å². The molecule has 0 amide bonds. The Morgan fingerprint density at radius 1 is 1.29 bits per heavy atom. The maximum Gasteiger partial charge on any atom is 0.104 e. The molecule has 0 aromatic heterocycles. The van der Waals surface area contributed by atoms with Gasteiger partial charge >= 0.3 is 0 Å². The van der Waals surface area contributed by atoms with Crippen molar-refractivity contribution in [2.45, 2.75) is 33.4 Å². The highest BCUT2D eigenvalue weighted by atomic mass is 15.4. The lowest BCUT2D eigenvalue weighted by Crippen LogP contribution is -2.40. The molecular formula is C12H20N2. The summed E-state index contributed by atoms with van der Waals surface area (Å²) in [7, 11) is 2.12. The monoisotopic (exact) mass is 192 g/mol. The van der Waals surface area contributed by atoms with Gasteiger partial charge in [0.15, 0.2) is 0 Å². The molecule has 0 saturated heterocycles. The fourth-order valence-corrected chi connectivity index (χ4v) is 1.87.